The smallest absolute Gasteiger partial charge is 0.348 e. The van der Waals surface area contributed by atoms with Crippen LogP contribution in [0.3, 0.4) is 0 Å². The number of nitrogens with zero attached hydrogens (tertiary/aromatic N) is 2. The molecule has 2 heterocycles. The summed E-state index contributed by atoms with van der Waals surface area (Å²) in [5, 5.41) is 5.18. The Balaban J connectivity index is 1.55. The van der Waals surface area contributed by atoms with E-state index in [1.807, 2.05) is 42.5 Å². The Morgan fingerprint density at radius 2 is 1.70 bits per heavy atom. The highest BCUT2D eigenvalue weighted by Crippen LogP contribution is 2.27. The number of aromatic nitrogens is 3. The molecule has 2 N–H and O–H groups in total. The van der Waals surface area contributed by atoms with Gasteiger partial charge in [0.15, 0.2) is 0 Å². The van der Waals surface area contributed by atoms with Crippen molar-refractivity contribution in [2.75, 3.05) is 5.32 Å². The molecule has 7 heteroatoms. The lowest BCUT2D eigenvalue weighted by Crippen LogP contribution is -2.14. The molecule has 4 rings (SSSR count). The molecule has 0 aliphatic heterocycles. The predicted octanol–water partition coefficient (Wildman–Crippen LogP) is 4.90. The van der Waals surface area contributed by atoms with E-state index in [1.54, 1.807) is 18.3 Å². The summed E-state index contributed by atoms with van der Waals surface area (Å²) in [6.07, 6.45) is 1.63. The number of halogens is 2. The molecule has 0 aliphatic rings. The van der Waals surface area contributed by atoms with Gasteiger partial charge in [-0.2, -0.15) is 4.98 Å². The molecule has 5 nitrogen and oxygen atoms in total. The molecule has 0 radical (unpaired) electrons. The maximum atomic E-state index is 11.7. The molecule has 0 saturated carbocycles. The van der Waals surface area contributed by atoms with Gasteiger partial charge in [-0.3, -0.25) is 4.98 Å². The number of fused-ring (bicyclic) bond motifs is 1. The molecular weight excluding hydrogens is 383 g/mol. The van der Waals surface area contributed by atoms with Gasteiger partial charge in [-0.25, -0.2) is 9.78 Å². The highest BCUT2D eigenvalue weighted by molar-refractivity contribution is 6.35. The van der Waals surface area contributed by atoms with Crippen molar-refractivity contribution >= 4 is 40.1 Å². The van der Waals surface area contributed by atoms with Gasteiger partial charge in [-0.05, 0) is 47.0 Å². The summed E-state index contributed by atoms with van der Waals surface area (Å²) in [6, 6.07) is 17.1. The van der Waals surface area contributed by atoms with Crippen LogP contribution in [0.15, 0.2) is 65.6 Å². The molecule has 0 unspecified atom stereocenters. The third-order valence-electron chi connectivity index (χ3n) is 4.11. The number of hydrogen-bond donors (Lipinski definition) is 2. The molecule has 0 bridgehead atoms. The first-order valence-corrected chi connectivity index (χ1v) is 8.98. The van der Waals surface area contributed by atoms with Crippen LogP contribution in [-0.4, -0.2) is 15.0 Å². The van der Waals surface area contributed by atoms with Gasteiger partial charge in [-0.1, -0.05) is 47.5 Å². The van der Waals surface area contributed by atoms with Crippen molar-refractivity contribution in [3.63, 3.8) is 0 Å². The van der Waals surface area contributed by atoms with Gasteiger partial charge in [0.2, 0.25) is 0 Å². The molecule has 134 valence electrons. The maximum absolute atomic E-state index is 11.7. The number of nitrogens with one attached hydrogen (secondary N) is 2. The second kappa shape index (κ2) is 7.39. The monoisotopic (exact) mass is 396 g/mol. The second-order valence-corrected chi connectivity index (χ2v) is 6.87. The summed E-state index contributed by atoms with van der Waals surface area (Å²) in [7, 11) is 0. The van der Waals surface area contributed by atoms with E-state index >= 15 is 0 Å². The summed E-state index contributed by atoms with van der Waals surface area (Å²) in [5.41, 5.74) is 3.10. The lowest BCUT2D eigenvalue weighted by atomic mass is 10.0. The zero-order valence-corrected chi connectivity index (χ0v) is 15.6. The molecule has 0 saturated heterocycles. The van der Waals surface area contributed by atoms with E-state index in [4.69, 9.17) is 23.2 Å². The molecule has 0 amide bonds. The van der Waals surface area contributed by atoms with Crippen LogP contribution in [0.2, 0.25) is 10.0 Å². The first kappa shape index (κ1) is 17.5. The zero-order chi connectivity index (χ0) is 18.8. The van der Waals surface area contributed by atoms with Crippen molar-refractivity contribution in [2.24, 2.45) is 0 Å². The lowest BCUT2D eigenvalue weighted by Gasteiger charge is -2.09. The minimum absolute atomic E-state index is 0.433. The number of rotatable bonds is 4. The summed E-state index contributed by atoms with van der Waals surface area (Å²) in [4.78, 5) is 22.5. The van der Waals surface area contributed by atoms with Crippen LogP contribution in [0.1, 0.15) is 5.56 Å². The fraction of sp³-hybridized carbons (Fsp3) is 0.0500. The van der Waals surface area contributed by atoms with Crippen LogP contribution in [-0.2, 0) is 6.54 Å². The van der Waals surface area contributed by atoms with Gasteiger partial charge < -0.3 is 5.32 Å². The number of benzene rings is 2. The third-order valence-corrected chi connectivity index (χ3v) is 4.55. The molecule has 0 atom stereocenters. The molecule has 0 fully saturated rings. The highest BCUT2D eigenvalue weighted by Gasteiger charge is 2.06. The SMILES string of the molecule is O=c1nc(NCc2ccc(-c3cc(Cl)cc(Cl)c3)cc2)c2cccnc2[nH]1. The Morgan fingerprint density at radius 3 is 2.44 bits per heavy atom. The van der Waals surface area contributed by atoms with E-state index in [9.17, 15) is 4.79 Å². The van der Waals surface area contributed by atoms with Crippen LogP contribution in [0.4, 0.5) is 5.82 Å². The number of hydrogen-bond acceptors (Lipinski definition) is 4. The highest BCUT2D eigenvalue weighted by atomic mass is 35.5. The van der Waals surface area contributed by atoms with Crippen LogP contribution in [0, 0.1) is 0 Å². The molecule has 4 aromatic rings. The van der Waals surface area contributed by atoms with Gasteiger partial charge in [0.05, 0.1) is 5.39 Å². The average Bonchev–Trinajstić information content (AvgIpc) is 2.65. The Bertz CT molecular complexity index is 1150. The largest absolute Gasteiger partial charge is 0.365 e. The quantitative estimate of drug-likeness (QED) is 0.514. The van der Waals surface area contributed by atoms with Crippen molar-refractivity contribution < 1.29 is 0 Å². The third kappa shape index (κ3) is 3.94. The van der Waals surface area contributed by atoms with E-state index in [0.29, 0.717) is 28.1 Å². The van der Waals surface area contributed by atoms with Crippen molar-refractivity contribution in [1.29, 1.82) is 0 Å². The predicted molar refractivity (Wildman–Crippen MR) is 109 cm³/mol. The van der Waals surface area contributed by atoms with Crippen molar-refractivity contribution in [3.8, 4) is 11.1 Å². The average molecular weight is 397 g/mol. The zero-order valence-electron chi connectivity index (χ0n) is 14.0. The van der Waals surface area contributed by atoms with Gasteiger partial charge >= 0.3 is 5.69 Å². The minimum Gasteiger partial charge on any atom is -0.365 e. The molecular formula is C20H14Cl2N4O. The number of aromatic amines is 1. The minimum atomic E-state index is -0.433. The van der Waals surface area contributed by atoms with E-state index in [-0.39, 0.29) is 0 Å². The van der Waals surface area contributed by atoms with E-state index < -0.39 is 5.69 Å². The lowest BCUT2D eigenvalue weighted by molar-refractivity contribution is 1.05. The van der Waals surface area contributed by atoms with Crippen LogP contribution < -0.4 is 11.0 Å². The van der Waals surface area contributed by atoms with E-state index in [1.165, 1.54) is 0 Å². The summed E-state index contributed by atoms with van der Waals surface area (Å²) in [5.74, 6) is 0.507. The van der Waals surface area contributed by atoms with E-state index in [0.717, 1.165) is 22.1 Å². The summed E-state index contributed by atoms with van der Waals surface area (Å²) in [6.45, 7) is 0.525. The molecule has 0 aliphatic carbocycles. The summed E-state index contributed by atoms with van der Waals surface area (Å²) < 4.78 is 0. The second-order valence-electron chi connectivity index (χ2n) is 6.00. The molecule has 2 aromatic heterocycles. The Hall–Kier alpha value is -2.89. The van der Waals surface area contributed by atoms with Gasteiger partial charge in [0.1, 0.15) is 11.5 Å². The van der Waals surface area contributed by atoms with Gasteiger partial charge in [0.25, 0.3) is 0 Å². The normalized spacial score (nSPS) is 10.9. The van der Waals surface area contributed by atoms with Crippen molar-refractivity contribution in [2.45, 2.75) is 6.54 Å². The molecule has 27 heavy (non-hydrogen) atoms. The van der Waals surface area contributed by atoms with Crippen LogP contribution >= 0.6 is 23.2 Å². The number of pyridine rings is 1. The fourth-order valence-corrected chi connectivity index (χ4v) is 3.37. The van der Waals surface area contributed by atoms with E-state index in [2.05, 4.69) is 20.3 Å². The van der Waals surface area contributed by atoms with Crippen molar-refractivity contribution in [1.82, 2.24) is 15.0 Å². The Labute approximate surface area is 165 Å². The van der Waals surface area contributed by atoms with Crippen molar-refractivity contribution in [3.05, 3.63) is 86.9 Å². The first-order valence-electron chi connectivity index (χ1n) is 8.23. The fourth-order valence-electron chi connectivity index (χ4n) is 2.84. The first-order chi connectivity index (χ1) is 13.1. The standard InChI is InChI=1S/C20H14Cl2N4O/c21-15-8-14(9-16(22)10-15)13-5-3-12(4-6-13)11-24-19-17-2-1-7-23-18(17)25-20(27)26-19/h1-10H,11H2,(H2,23,24,25,26,27). The van der Waals surface area contributed by atoms with Gasteiger partial charge in [0, 0.05) is 22.8 Å². The number of H-pyrrole nitrogens is 1. The number of anilines is 1. The van der Waals surface area contributed by atoms with Crippen LogP contribution in [0.25, 0.3) is 22.2 Å². The topological polar surface area (TPSA) is 70.7 Å². The van der Waals surface area contributed by atoms with Gasteiger partial charge in [-0.15, -0.1) is 0 Å². The Kier molecular flexibility index (Phi) is 4.79. The summed E-state index contributed by atoms with van der Waals surface area (Å²) >= 11 is 12.1. The maximum Gasteiger partial charge on any atom is 0.348 e. The Morgan fingerprint density at radius 1 is 0.963 bits per heavy atom. The van der Waals surface area contributed by atoms with Crippen LogP contribution in [0.5, 0.6) is 0 Å². The molecule has 2 aromatic carbocycles. The molecule has 0 spiro atoms.